The van der Waals surface area contributed by atoms with Crippen LogP contribution in [-0.4, -0.2) is 21.3 Å². The second-order valence-corrected chi connectivity index (χ2v) is 5.77. The van der Waals surface area contributed by atoms with Crippen molar-refractivity contribution < 1.29 is 14.4 Å². The summed E-state index contributed by atoms with van der Waals surface area (Å²) in [5, 5.41) is 1.05. The van der Waals surface area contributed by atoms with Crippen molar-refractivity contribution in [2.45, 2.75) is 38.5 Å². The van der Waals surface area contributed by atoms with Gasteiger partial charge in [-0.1, -0.05) is 41.6 Å². The Labute approximate surface area is 94.3 Å². The van der Waals surface area contributed by atoms with Gasteiger partial charge in [-0.2, -0.15) is 0 Å². The van der Waals surface area contributed by atoms with Crippen LogP contribution in [0.15, 0.2) is 0 Å². The first kappa shape index (κ1) is 17.0. The van der Waals surface area contributed by atoms with E-state index in [0.29, 0.717) is 6.42 Å². The van der Waals surface area contributed by atoms with Gasteiger partial charge in [-0.25, -0.2) is 0 Å². The van der Waals surface area contributed by atoms with E-state index in [4.69, 9.17) is 9.79 Å². The molecule has 0 aromatic carbocycles. The number of halogens is 1. The first-order chi connectivity index (χ1) is 6.06. The third-order valence-electron chi connectivity index (χ3n) is 1.83. The lowest BCUT2D eigenvalue weighted by atomic mass is 10.1. The molecular formula is C8H21BrNO3P. The van der Waals surface area contributed by atoms with Gasteiger partial charge in [-0.3, -0.25) is 4.57 Å². The second-order valence-electron chi connectivity index (χ2n) is 3.20. The zero-order valence-electron chi connectivity index (χ0n) is 8.49. The highest BCUT2D eigenvalue weighted by molar-refractivity contribution is 9.09. The highest BCUT2D eigenvalue weighted by Crippen LogP contribution is 2.35. The molecule has 88 valence electrons. The van der Waals surface area contributed by atoms with Crippen LogP contribution < -0.4 is 6.15 Å². The van der Waals surface area contributed by atoms with Gasteiger partial charge in [0.25, 0.3) is 0 Å². The molecule has 0 amide bonds. The Balaban J connectivity index is 0. The standard InChI is InChI=1S/C8H18BrO3P.H3N/c9-7-5-3-1-2-4-6-8-13(10,11)12;/h1-8H2,(H2,10,11,12);1H3. The molecule has 0 aliphatic rings. The average molecular weight is 290 g/mol. The van der Waals surface area contributed by atoms with Crippen LogP contribution >= 0.6 is 23.5 Å². The summed E-state index contributed by atoms with van der Waals surface area (Å²) >= 11 is 3.36. The summed E-state index contributed by atoms with van der Waals surface area (Å²) in [5.41, 5.74) is 0. The van der Waals surface area contributed by atoms with Crippen molar-refractivity contribution in [1.82, 2.24) is 6.15 Å². The molecule has 0 aromatic rings. The molecule has 6 heteroatoms. The van der Waals surface area contributed by atoms with Crippen molar-refractivity contribution in [2.75, 3.05) is 11.5 Å². The largest absolute Gasteiger partial charge is 0.344 e. The van der Waals surface area contributed by atoms with Crippen molar-refractivity contribution in [3.8, 4) is 0 Å². The lowest BCUT2D eigenvalue weighted by Crippen LogP contribution is -1.88. The monoisotopic (exact) mass is 289 g/mol. The topological polar surface area (TPSA) is 92.5 Å². The van der Waals surface area contributed by atoms with Crippen LogP contribution in [0.2, 0.25) is 0 Å². The van der Waals surface area contributed by atoms with Crippen LogP contribution in [0.3, 0.4) is 0 Å². The van der Waals surface area contributed by atoms with Gasteiger partial charge in [0, 0.05) is 11.5 Å². The van der Waals surface area contributed by atoms with Gasteiger partial charge in [0.05, 0.1) is 0 Å². The zero-order chi connectivity index (χ0) is 10.2. The Hall–Kier alpha value is 0.590. The maximum atomic E-state index is 10.5. The number of unbranched alkanes of at least 4 members (excludes halogenated alkanes) is 5. The van der Waals surface area contributed by atoms with Crippen molar-refractivity contribution in [3.63, 3.8) is 0 Å². The molecule has 0 fully saturated rings. The lowest BCUT2D eigenvalue weighted by Gasteiger charge is -2.02. The van der Waals surface area contributed by atoms with Crippen molar-refractivity contribution >= 4 is 23.5 Å². The third kappa shape index (κ3) is 15.1. The summed E-state index contributed by atoms with van der Waals surface area (Å²) in [6.45, 7) is 0. The van der Waals surface area contributed by atoms with E-state index in [0.717, 1.165) is 18.2 Å². The quantitative estimate of drug-likeness (QED) is 0.364. The fraction of sp³-hybridized carbons (Fsp3) is 1.00. The van der Waals surface area contributed by atoms with Crippen LogP contribution in [0.5, 0.6) is 0 Å². The molecule has 0 saturated heterocycles. The fourth-order valence-electron chi connectivity index (χ4n) is 1.12. The van der Waals surface area contributed by atoms with Crippen LogP contribution in [0, 0.1) is 0 Å². The van der Waals surface area contributed by atoms with Crippen LogP contribution in [0.25, 0.3) is 0 Å². The molecule has 0 aliphatic heterocycles. The predicted molar refractivity (Wildman–Crippen MR) is 63.4 cm³/mol. The van der Waals surface area contributed by atoms with E-state index < -0.39 is 7.60 Å². The maximum Gasteiger partial charge on any atom is 0.325 e. The van der Waals surface area contributed by atoms with Crippen LogP contribution in [0.4, 0.5) is 0 Å². The molecule has 5 N–H and O–H groups in total. The Morgan fingerprint density at radius 2 is 1.36 bits per heavy atom. The molecule has 0 bridgehead atoms. The molecule has 4 nitrogen and oxygen atoms in total. The summed E-state index contributed by atoms with van der Waals surface area (Å²) in [4.78, 5) is 17.1. The molecular weight excluding hydrogens is 269 g/mol. The van der Waals surface area contributed by atoms with E-state index in [1.807, 2.05) is 0 Å². The van der Waals surface area contributed by atoms with Gasteiger partial charge in [-0.15, -0.1) is 0 Å². The number of alkyl halides is 1. The summed E-state index contributed by atoms with van der Waals surface area (Å²) < 4.78 is 10.5. The molecule has 0 rings (SSSR count). The first-order valence-electron chi connectivity index (χ1n) is 4.67. The van der Waals surface area contributed by atoms with E-state index >= 15 is 0 Å². The van der Waals surface area contributed by atoms with Gasteiger partial charge in [0.15, 0.2) is 0 Å². The molecule has 0 saturated carbocycles. The summed E-state index contributed by atoms with van der Waals surface area (Å²) in [6, 6.07) is 0. The van der Waals surface area contributed by atoms with Gasteiger partial charge in [0.2, 0.25) is 0 Å². The van der Waals surface area contributed by atoms with E-state index in [1.54, 1.807) is 0 Å². The highest BCUT2D eigenvalue weighted by Gasteiger charge is 2.10. The lowest BCUT2D eigenvalue weighted by molar-refractivity contribution is 0.370. The summed E-state index contributed by atoms with van der Waals surface area (Å²) in [7, 11) is -3.73. The maximum absolute atomic E-state index is 10.5. The average Bonchev–Trinajstić information content (AvgIpc) is 2.01. The Morgan fingerprint density at radius 1 is 0.929 bits per heavy atom. The first-order valence-corrected chi connectivity index (χ1v) is 7.59. The minimum Gasteiger partial charge on any atom is -0.344 e. The number of hydrogen-bond acceptors (Lipinski definition) is 2. The van der Waals surface area contributed by atoms with E-state index in [2.05, 4.69) is 15.9 Å². The summed E-state index contributed by atoms with van der Waals surface area (Å²) in [5.74, 6) is 0. The zero-order valence-corrected chi connectivity index (χ0v) is 11.0. The predicted octanol–water partition coefficient (Wildman–Crippen LogP) is 3.06. The Kier molecular flexibility index (Phi) is 12.3. The summed E-state index contributed by atoms with van der Waals surface area (Å²) in [6.07, 6.45) is 6.30. The minimum atomic E-state index is -3.73. The molecule has 0 unspecified atom stereocenters. The Bertz CT molecular complexity index is 163. The number of rotatable bonds is 8. The smallest absolute Gasteiger partial charge is 0.325 e. The van der Waals surface area contributed by atoms with Crippen LogP contribution in [0.1, 0.15) is 38.5 Å². The van der Waals surface area contributed by atoms with E-state index in [-0.39, 0.29) is 12.3 Å². The van der Waals surface area contributed by atoms with Crippen molar-refractivity contribution in [2.24, 2.45) is 0 Å². The van der Waals surface area contributed by atoms with Crippen LogP contribution in [-0.2, 0) is 4.57 Å². The molecule has 0 spiro atoms. The van der Waals surface area contributed by atoms with Gasteiger partial charge in [0.1, 0.15) is 0 Å². The normalized spacial score (nSPS) is 11.1. The fourth-order valence-corrected chi connectivity index (χ4v) is 2.15. The Morgan fingerprint density at radius 3 is 1.79 bits per heavy atom. The van der Waals surface area contributed by atoms with Crippen molar-refractivity contribution in [3.05, 3.63) is 0 Å². The third-order valence-corrected chi connectivity index (χ3v) is 3.29. The number of hydrogen-bond donors (Lipinski definition) is 3. The second kappa shape index (κ2) is 10.1. The van der Waals surface area contributed by atoms with E-state index in [1.165, 1.54) is 19.3 Å². The van der Waals surface area contributed by atoms with Crippen molar-refractivity contribution in [1.29, 1.82) is 0 Å². The highest BCUT2D eigenvalue weighted by atomic mass is 79.9. The van der Waals surface area contributed by atoms with Gasteiger partial charge < -0.3 is 15.9 Å². The van der Waals surface area contributed by atoms with Gasteiger partial charge >= 0.3 is 7.60 Å². The molecule has 0 atom stereocenters. The van der Waals surface area contributed by atoms with Gasteiger partial charge in [-0.05, 0) is 12.8 Å². The minimum absolute atomic E-state index is 0. The molecule has 0 heterocycles. The van der Waals surface area contributed by atoms with E-state index in [9.17, 15) is 4.57 Å². The SMILES string of the molecule is N.O=P(O)(O)CCCCCCCCBr. The molecule has 14 heavy (non-hydrogen) atoms. The molecule has 0 radical (unpaired) electrons. The molecule has 0 aromatic heterocycles. The molecule has 0 aliphatic carbocycles.